The van der Waals surface area contributed by atoms with Gasteiger partial charge in [0.25, 0.3) is 5.91 Å². The number of nitrogens with zero attached hydrogens (tertiary/aromatic N) is 3. The molecule has 0 radical (unpaired) electrons. The van der Waals surface area contributed by atoms with E-state index < -0.39 is 11.7 Å². The van der Waals surface area contributed by atoms with Crippen LogP contribution in [-0.4, -0.2) is 25.9 Å². The van der Waals surface area contributed by atoms with Crippen molar-refractivity contribution in [1.29, 1.82) is 0 Å². The second-order valence-electron chi connectivity index (χ2n) is 5.22. The van der Waals surface area contributed by atoms with E-state index in [4.69, 9.17) is 11.6 Å². The number of anilines is 1. The van der Waals surface area contributed by atoms with Gasteiger partial charge >= 0.3 is 0 Å². The Morgan fingerprint density at radius 2 is 2.16 bits per heavy atom. The molecule has 0 aliphatic carbocycles. The van der Waals surface area contributed by atoms with E-state index >= 15 is 0 Å². The molecule has 3 aromatic rings. The third kappa shape index (κ3) is 3.94. The fourth-order valence-electron chi connectivity index (χ4n) is 2.18. The van der Waals surface area contributed by atoms with Crippen LogP contribution >= 0.6 is 43.5 Å². The van der Waals surface area contributed by atoms with Crippen molar-refractivity contribution in [2.45, 2.75) is 13.5 Å². The smallest absolute Gasteiger partial charge is 0.278 e. The highest BCUT2D eigenvalue weighted by Crippen LogP contribution is 2.25. The molecule has 2 heterocycles. The van der Waals surface area contributed by atoms with Gasteiger partial charge in [0, 0.05) is 16.8 Å². The van der Waals surface area contributed by atoms with Gasteiger partial charge in [-0.2, -0.15) is 10.2 Å². The van der Waals surface area contributed by atoms with Crippen LogP contribution in [0.15, 0.2) is 33.3 Å². The summed E-state index contributed by atoms with van der Waals surface area (Å²) in [7, 11) is 0. The minimum atomic E-state index is -0.404. The molecule has 1 aromatic carbocycles. The third-order valence-corrected chi connectivity index (χ3v) is 5.67. The maximum absolute atomic E-state index is 13.1. The first-order valence-corrected chi connectivity index (χ1v) is 9.00. The van der Waals surface area contributed by atoms with Crippen molar-refractivity contribution in [3.05, 3.63) is 61.1 Å². The summed E-state index contributed by atoms with van der Waals surface area (Å²) in [4.78, 5) is 12.3. The number of hydrogen-bond acceptors (Lipinski definition) is 3. The van der Waals surface area contributed by atoms with Crippen molar-refractivity contribution in [3.63, 3.8) is 0 Å². The Morgan fingerprint density at radius 1 is 1.40 bits per heavy atom. The van der Waals surface area contributed by atoms with E-state index in [1.807, 2.05) is 6.92 Å². The first-order chi connectivity index (χ1) is 11.8. The fraction of sp³-hybridized carbons (Fsp3) is 0.133. The lowest BCUT2D eigenvalue weighted by molar-refractivity contribution is 0.102. The second-order valence-corrected chi connectivity index (χ2v) is 7.21. The number of amides is 1. The number of carbonyl (C=O) groups is 1. The van der Waals surface area contributed by atoms with Crippen LogP contribution in [-0.2, 0) is 6.54 Å². The van der Waals surface area contributed by atoms with Crippen molar-refractivity contribution in [3.8, 4) is 0 Å². The van der Waals surface area contributed by atoms with Gasteiger partial charge in [0.15, 0.2) is 11.5 Å². The zero-order valence-corrected chi connectivity index (χ0v) is 16.7. The van der Waals surface area contributed by atoms with E-state index in [1.165, 1.54) is 12.1 Å². The first-order valence-electron chi connectivity index (χ1n) is 7.04. The predicted molar refractivity (Wildman–Crippen MR) is 99.4 cm³/mol. The summed E-state index contributed by atoms with van der Waals surface area (Å²) in [6.07, 6.45) is 0. The summed E-state index contributed by atoms with van der Waals surface area (Å²) in [5.41, 5.74) is 1.75. The molecule has 0 atom stereocenters. The van der Waals surface area contributed by atoms with Crippen LogP contribution in [0.3, 0.4) is 0 Å². The largest absolute Gasteiger partial charge is 0.304 e. The normalized spacial score (nSPS) is 10.9. The molecule has 0 aliphatic heterocycles. The molecule has 3 rings (SSSR count). The first kappa shape index (κ1) is 18.1. The van der Waals surface area contributed by atoms with Crippen LogP contribution < -0.4 is 5.32 Å². The summed E-state index contributed by atoms with van der Waals surface area (Å²) in [6, 6.07) is 5.93. The summed E-state index contributed by atoms with van der Waals surface area (Å²) >= 11 is 12.6. The number of hydrogen-bond donors (Lipinski definition) is 2. The maximum Gasteiger partial charge on any atom is 0.278 e. The highest BCUT2D eigenvalue weighted by molar-refractivity contribution is 9.13. The summed E-state index contributed by atoms with van der Waals surface area (Å²) < 4.78 is 15.9. The van der Waals surface area contributed by atoms with E-state index in [2.05, 4.69) is 52.5 Å². The van der Waals surface area contributed by atoms with Crippen LogP contribution in [0.5, 0.6) is 0 Å². The van der Waals surface area contributed by atoms with Crippen LogP contribution in [0.1, 0.15) is 21.7 Å². The fourth-order valence-corrected chi connectivity index (χ4v) is 3.04. The molecular weight excluding hydrogens is 480 g/mol. The SMILES string of the molecule is Cc1cc(NC(=O)c2n[nH]c(Br)c2Br)nn1Cc1ccc(F)cc1Cl. The molecule has 2 aromatic heterocycles. The lowest BCUT2D eigenvalue weighted by Gasteiger charge is -2.06. The van der Waals surface area contributed by atoms with E-state index in [1.54, 1.807) is 16.8 Å². The molecule has 0 spiro atoms. The Balaban J connectivity index is 1.78. The van der Waals surface area contributed by atoms with Crippen molar-refractivity contribution in [2.24, 2.45) is 0 Å². The molecular formula is C15H11Br2ClFN5O. The average Bonchev–Trinajstić information content (AvgIpc) is 3.05. The average molecular weight is 492 g/mol. The minimum absolute atomic E-state index is 0.209. The summed E-state index contributed by atoms with van der Waals surface area (Å²) in [6.45, 7) is 2.21. The second kappa shape index (κ2) is 7.27. The zero-order chi connectivity index (χ0) is 18.1. The third-order valence-electron chi connectivity index (χ3n) is 3.44. The number of H-pyrrole nitrogens is 1. The predicted octanol–water partition coefficient (Wildman–Crippen LogP) is 4.53. The highest BCUT2D eigenvalue weighted by atomic mass is 79.9. The molecule has 0 fully saturated rings. The van der Waals surface area contributed by atoms with Crippen molar-refractivity contribution < 1.29 is 9.18 Å². The van der Waals surface area contributed by atoms with Gasteiger partial charge in [-0.05, 0) is 56.5 Å². The van der Waals surface area contributed by atoms with Crippen LogP contribution in [0.4, 0.5) is 10.2 Å². The molecule has 6 nitrogen and oxygen atoms in total. The molecule has 2 N–H and O–H groups in total. The maximum atomic E-state index is 13.1. The lowest BCUT2D eigenvalue weighted by atomic mass is 10.2. The standard InChI is InChI=1S/C15H11Br2ClFN5O/c1-7-4-11(20-15(25)13-12(16)14(17)22-21-13)23-24(7)6-8-2-3-9(19)5-10(8)18/h2-5H,6H2,1H3,(H,21,22)(H,20,23,25). The number of carbonyl (C=O) groups excluding carboxylic acids is 1. The van der Waals surface area contributed by atoms with E-state index in [0.29, 0.717) is 26.5 Å². The number of aryl methyl sites for hydroxylation is 1. The van der Waals surface area contributed by atoms with Gasteiger partial charge < -0.3 is 5.32 Å². The Morgan fingerprint density at radius 3 is 2.80 bits per heavy atom. The number of rotatable bonds is 4. The monoisotopic (exact) mass is 489 g/mol. The van der Waals surface area contributed by atoms with Crippen LogP contribution in [0, 0.1) is 12.7 Å². The van der Waals surface area contributed by atoms with E-state index in [-0.39, 0.29) is 5.69 Å². The zero-order valence-electron chi connectivity index (χ0n) is 12.8. The lowest BCUT2D eigenvalue weighted by Crippen LogP contribution is -2.14. The summed E-state index contributed by atoms with van der Waals surface area (Å²) in [5.74, 6) is -0.417. The minimum Gasteiger partial charge on any atom is -0.304 e. The van der Waals surface area contributed by atoms with E-state index in [0.717, 1.165) is 11.3 Å². The number of aromatic nitrogens is 4. The molecule has 10 heteroatoms. The Hall–Kier alpha value is -1.71. The number of benzene rings is 1. The molecule has 1 amide bonds. The van der Waals surface area contributed by atoms with Gasteiger partial charge in [-0.15, -0.1) is 0 Å². The Kier molecular flexibility index (Phi) is 5.26. The van der Waals surface area contributed by atoms with Gasteiger partial charge in [0.1, 0.15) is 10.4 Å². The molecule has 0 aliphatic rings. The number of halogens is 4. The van der Waals surface area contributed by atoms with Gasteiger partial charge in [-0.3, -0.25) is 14.6 Å². The Bertz CT molecular complexity index is 956. The summed E-state index contributed by atoms with van der Waals surface area (Å²) in [5, 5.41) is 13.9. The Labute approximate surface area is 164 Å². The van der Waals surface area contributed by atoms with E-state index in [9.17, 15) is 9.18 Å². The molecule has 25 heavy (non-hydrogen) atoms. The van der Waals surface area contributed by atoms with Crippen LogP contribution in [0.2, 0.25) is 5.02 Å². The van der Waals surface area contributed by atoms with Crippen molar-refractivity contribution >= 4 is 55.2 Å². The highest BCUT2D eigenvalue weighted by Gasteiger charge is 2.18. The topological polar surface area (TPSA) is 75.6 Å². The van der Waals surface area contributed by atoms with Gasteiger partial charge in [0.2, 0.25) is 0 Å². The molecule has 0 saturated carbocycles. The molecule has 0 saturated heterocycles. The molecule has 0 unspecified atom stereocenters. The number of nitrogens with one attached hydrogen (secondary N) is 2. The van der Waals surface area contributed by atoms with Crippen molar-refractivity contribution in [2.75, 3.05) is 5.32 Å². The molecule has 0 bridgehead atoms. The quantitative estimate of drug-likeness (QED) is 0.563. The number of aromatic amines is 1. The van der Waals surface area contributed by atoms with Crippen molar-refractivity contribution in [1.82, 2.24) is 20.0 Å². The van der Waals surface area contributed by atoms with Gasteiger partial charge in [-0.1, -0.05) is 17.7 Å². The molecule has 130 valence electrons. The van der Waals surface area contributed by atoms with Crippen LogP contribution in [0.25, 0.3) is 0 Å². The van der Waals surface area contributed by atoms with Gasteiger partial charge in [-0.25, -0.2) is 4.39 Å². The van der Waals surface area contributed by atoms with Gasteiger partial charge in [0.05, 0.1) is 11.0 Å².